The van der Waals surface area contributed by atoms with E-state index in [1.165, 1.54) is 23.3 Å². The smallest absolute Gasteiger partial charge is 0.191 e. The van der Waals surface area contributed by atoms with Gasteiger partial charge in [0.05, 0.1) is 0 Å². The van der Waals surface area contributed by atoms with E-state index < -0.39 is 0 Å². The largest absolute Gasteiger partial charge is 0.356 e. The van der Waals surface area contributed by atoms with Gasteiger partial charge in [0.1, 0.15) is 0 Å². The fraction of sp³-hybridized carbons (Fsp3) is 0.389. The van der Waals surface area contributed by atoms with E-state index in [1.54, 1.807) is 11.3 Å². The number of thiophene rings is 1. The normalized spacial score (nSPS) is 16.3. The number of benzene rings is 1. The summed E-state index contributed by atoms with van der Waals surface area (Å²) in [6.07, 6.45) is 3.56. The van der Waals surface area contributed by atoms with Gasteiger partial charge in [-0.3, -0.25) is 4.99 Å². The first-order valence-electron chi connectivity index (χ1n) is 7.85. The van der Waals surface area contributed by atoms with Gasteiger partial charge in [0.25, 0.3) is 0 Å². The van der Waals surface area contributed by atoms with Crippen LogP contribution in [0, 0.1) is 0 Å². The van der Waals surface area contributed by atoms with Gasteiger partial charge in [-0.1, -0.05) is 36.4 Å². The molecule has 1 fully saturated rings. The third kappa shape index (κ3) is 3.69. The zero-order valence-electron chi connectivity index (χ0n) is 13.0. The van der Waals surface area contributed by atoms with Crippen LogP contribution in [-0.4, -0.2) is 26.1 Å². The lowest BCUT2D eigenvalue weighted by molar-refractivity contribution is 0.645. The molecule has 0 unspecified atom stereocenters. The summed E-state index contributed by atoms with van der Waals surface area (Å²) in [7, 11) is 1.84. The van der Waals surface area contributed by atoms with Crippen LogP contribution in [0.5, 0.6) is 0 Å². The SMILES string of the molecule is CN=C(NCCc1cccs1)NCC1(c2ccccc2)CC1. The van der Waals surface area contributed by atoms with Crippen molar-refractivity contribution in [3.63, 3.8) is 0 Å². The van der Waals surface area contributed by atoms with E-state index in [9.17, 15) is 0 Å². The van der Waals surface area contributed by atoms with E-state index in [2.05, 4.69) is 63.5 Å². The van der Waals surface area contributed by atoms with Crippen molar-refractivity contribution in [2.75, 3.05) is 20.1 Å². The third-order valence-corrected chi connectivity index (χ3v) is 5.24. The van der Waals surface area contributed by atoms with Gasteiger partial charge in [-0.15, -0.1) is 11.3 Å². The molecule has 0 bridgehead atoms. The predicted molar refractivity (Wildman–Crippen MR) is 94.7 cm³/mol. The molecule has 0 radical (unpaired) electrons. The van der Waals surface area contributed by atoms with Crippen molar-refractivity contribution in [2.45, 2.75) is 24.7 Å². The number of nitrogens with zero attached hydrogens (tertiary/aromatic N) is 1. The molecule has 1 saturated carbocycles. The Bertz CT molecular complexity index is 601. The zero-order valence-corrected chi connectivity index (χ0v) is 13.8. The molecular formula is C18H23N3S. The van der Waals surface area contributed by atoms with Crippen LogP contribution in [-0.2, 0) is 11.8 Å². The second kappa shape index (κ2) is 6.97. The van der Waals surface area contributed by atoms with Gasteiger partial charge < -0.3 is 10.6 Å². The van der Waals surface area contributed by atoms with Crippen LogP contribution in [0.25, 0.3) is 0 Å². The summed E-state index contributed by atoms with van der Waals surface area (Å²) in [6.45, 7) is 1.87. The average Bonchev–Trinajstić information content (AvgIpc) is 3.18. The molecule has 116 valence electrons. The summed E-state index contributed by atoms with van der Waals surface area (Å²) in [5, 5.41) is 9.02. The van der Waals surface area contributed by atoms with E-state index in [4.69, 9.17) is 0 Å². The number of nitrogens with one attached hydrogen (secondary N) is 2. The molecule has 0 spiro atoms. The Balaban J connectivity index is 1.47. The van der Waals surface area contributed by atoms with E-state index in [1.807, 2.05) is 7.05 Å². The first-order valence-corrected chi connectivity index (χ1v) is 8.73. The van der Waals surface area contributed by atoms with Crippen LogP contribution >= 0.6 is 11.3 Å². The Hall–Kier alpha value is -1.81. The lowest BCUT2D eigenvalue weighted by atomic mass is 9.96. The average molecular weight is 313 g/mol. The van der Waals surface area contributed by atoms with Gasteiger partial charge in [0.15, 0.2) is 5.96 Å². The summed E-state index contributed by atoms with van der Waals surface area (Å²) in [4.78, 5) is 5.74. The van der Waals surface area contributed by atoms with Gasteiger partial charge in [0, 0.05) is 30.4 Å². The van der Waals surface area contributed by atoms with Crippen LogP contribution < -0.4 is 10.6 Å². The standard InChI is InChI=1S/C18H23N3S/c1-19-17(20-12-9-16-8-5-13-22-16)21-14-18(10-11-18)15-6-3-2-4-7-15/h2-8,13H,9-12,14H2,1H3,(H2,19,20,21). The molecule has 1 aliphatic rings. The van der Waals surface area contributed by atoms with E-state index in [-0.39, 0.29) is 0 Å². The molecular weight excluding hydrogens is 290 g/mol. The first kappa shape index (κ1) is 15.1. The highest BCUT2D eigenvalue weighted by atomic mass is 32.1. The van der Waals surface area contributed by atoms with Crippen LogP contribution in [0.15, 0.2) is 52.8 Å². The number of rotatable bonds is 6. The highest BCUT2D eigenvalue weighted by molar-refractivity contribution is 7.09. The maximum absolute atomic E-state index is 4.33. The topological polar surface area (TPSA) is 36.4 Å². The molecule has 3 nitrogen and oxygen atoms in total. The zero-order chi connectivity index (χ0) is 15.3. The highest BCUT2D eigenvalue weighted by Crippen LogP contribution is 2.47. The van der Waals surface area contributed by atoms with Gasteiger partial charge in [-0.25, -0.2) is 0 Å². The van der Waals surface area contributed by atoms with Crippen molar-refractivity contribution >= 4 is 17.3 Å². The number of guanidine groups is 1. The molecule has 1 heterocycles. The van der Waals surface area contributed by atoms with Crippen LogP contribution in [0.3, 0.4) is 0 Å². The van der Waals surface area contributed by atoms with Crippen LogP contribution in [0.1, 0.15) is 23.3 Å². The molecule has 0 atom stereocenters. The van der Waals surface area contributed by atoms with Crippen molar-refractivity contribution in [1.29, 1.82) is 0 Å². The Labute approximate surface area is 136 Å². The van der Waals surface area contributed by atoms with Crippen molar-refractivity contribution in [3.8, 4) is 0 Å². The van der Waals surface area contributed by atoms with Gasteiger partial charge >= 0.3 is 0 Å². The minimum atomic E-state index is 0.312. The summed E-state index contributed by atoms with van der Waals surface area (Å²) >= 11 is 1.81. The van der Waals surface area contributed by atoms with Gasteiger partial charge in [0.2, 0.25) is 0 Å². The van der Waals surface area contributed by atoms with Crippen LogP contribution in [0.4, 0.5) is 0 Å². The Morgan fingerprint density at radius 1 is 1.14 bits per heavy atom. The molecule has 1 aromatic heterocycles. The minimum absolute atomic E-state index is 0.312. The molecule has 0 amide bonds. The summed E-state index contributed by atoms with van der Waals surface area (Å²) < 4.78 is 0. The number of aliphatic imine (C=N–C) groups is 1. The summed E-state index contributed by atoms with van der Waals surface area (Å²) in [5.74, 6) is 0.902. The van der Waals surface area contributed by atoms with E-state index in [0.29, 0.717) is 5.41 Å². The molecule has 0 aliphatic heterocycles. The molecule has 4 heteroatoms. The van der Waals surface area contributed by atoms with Gasteiger partial charge in [-0.2, -0.15) is 0 Å². The summed E-state index contributed by atoms with van der Waals surface area (Å²) in [6, 6.07) is 15.1. The number of hydrogen-bond donors (Lipinski definition) is 2. The van der Waals surface area contributed by atoms with E-state index >= 15 is 0 Å². The monoisotopic (exact) mass is 313 g/mol. The molecule has 2 N–H and O–H groups in total. The fourth-order valence-corrected chi connectivity index (χ4v) is 3.45. The van der Waals surface area contributed by atoms with E-state index in [0.717, 1.165) is 25.5 Å². The Morgan fingerprint density at radius 2 is 1.95 bits per heavy atom. The lowest BCUT2D eigenvalue weighted by Crippen LogP contribution is -2.41. The van der Waals surface area contributed by atoms with Crippen LogP contribution in [0.2, 0.25) is 0 Å². The molecule has 1 aromatic carbocycles. The molecule has 0 saturated heterocycles. The molecule has 22 heavy (non-hydrogen) atoms. The van der Waals surface area contributed by atoms with Crippen molar-refractivity contribution < 1.29 is 0 Å². The van der Waals surface area contributed by atoms with Gasteiger partial charge in [-0.05, 0) is 36.3 Å². The quantitative estimate of drug-likeness (QED) is 0.635. The first-order chi connectivity index (χ1) is 10.8. The molecule has 2 aromatic rings. The third-order valence-electron chi connectivity index (χ3n) is 4.30. The minimum Gasteiger partial charge on any atom is -0.356 e. The lowest BCUT2D eigenvalue weighted by Gasteiger charge is -2.19. The second-order valence-electron chi connectivity index (χ2n) is 5.83. The summed E-state index contributed by atoms with van der Waals surface area (Å²) in [5.41, 5.74) is 1.75. The Morgan fingerprint density at radius 3 is 2.59 bits per heavy atom. The second-order valence-corrected chi connectivity index (χ2v) is 6.86. The fourth-order valence-electron chi connectivity index (χ4n) is 2.74. The van der Waals surface area contributed by atoms with Crippen molar-refractivity contribution in [2.24, 2.45) is 4.99 Å². The van der Waals surface area contributed by atoms with Crippen molar-refractivity contribution in [1.82, 2.24) is 10.6 Å². The molecule has 3 rings (SSSR count). The maximum atomic E-state index is 4.33. The maximum Gasteiger partial charge on any atom is 0.191 e. The predicted octanol–water partition coefficient (Wildman–Crippen LogP) is 3.19. The molecule has 1 aliphatic carbocycles. The number of hydrogen-bond acceptors (Lipinski definition) is 2. The highest BCUT2D eigenvalue weighted by Gasteiger charge is 2.43. The Kier molecular flexibility index (Phi) is 4.78. The van der Waals surface area contributed by atoms with Crippen molar-refractivity contribution in [3.05, 3.63) is 58.3 Å².